The summed E-state index contributed by atoms with van der Waals surface area (Å²) in [6.07, 6.45) is 1.79. The Morgan fingerprint density at radius 1 is 1.56 bits per heavy atom. The number of hydrogen-bond donors (Lipinski definition) is 1. The van der Waals surface area contributed by atoms with Crippen LogP contribution in [0.1, 0.15) is 32.6 Å². The van der Waals surface area contributed by atoms with Crippen LogP contribution in [0.15, 0.2) is 15.4 Å². The fourth-order valence-corrected chi connectivity index (χ4v) is 2.14. The highest BCUT2D eigenvalue weighted by atomic mass is 16.4. The SMILES string of the molecule is CC(C)n1cc(CN2CC(C)(N)C2)oc1=O. The van der Waals surface area contributed by atoms with Gasteiger partial charge < -0.3 is 10.2 Å². The number of aromatic nitrogens is 1. The van der Waals surface area contributed by atoms with Gasteiger partial charge in [-0.25, -0.2) is 4.79 Å². The molecule has 1 aromatic heterocycles. The summed E-state index contributed by atoms with van der Waals surface area (Å²) in [7, 11) is 0. The van der Waals surface area contributed by atoms with Gasteiger partial charge in [0.05, 0.1) is 12.7 Å². The van der Waals surface area contributed by atoms with Crippen LogP contribution in [0, 0.1) is 0 Å². The van der Waals surface area contributed by atoms with E-state index in [1.807, 2.05) is 20.8 Å². The van der Waals surface area contributed by atoms with Gasteiger partial charge in [-0.3, -0.25) is 9.47 Å². The third-order valence-electron chi connectivity index (χ3n) is 2.82. The third kappa shape index (κ3) is 2.20. The second kappa shape index (κ2) is 3.75. The Labute approximate surface area is 94.8 Å². The summed E-state index contributed by atoms with van der Waals surface area (Å²) in [4.78, 5) is 13.6. The summed E-state index contributed by atoms with van der Waals surface area (Å²) in [5.41, 5.74) is 5.83. The summed E-state index contributed by atoms with van der Waals surface area (Å²) < 4.78 is 6.78. The first-order valence-corrected chi connectivity index (χ1v) is 5.59. The van der Waals surface area contributed by atoms with E-state index in [-0.39, 0.29) is 17.3 Å². The third-order valence-corrected chi connectivity index (χ3v) is 2.82. The van der Waals surface area contributed by atoms with Gasteiger partial charge in [-0.05, 0) is 20.8 Å². The molecule has 1 fully saturated rings. The zero-order valence-electron chi connectivity index (χ0n) is 10.1. The molecule has 1 saturated heterocycles. The summed E-state index contributed by atoms with van der Waals surface area (Å²) in [6.45, 7) is 8.32. The van der Waals surface area contributed by atoms with Crippen LogP contribution in [0.4, 0.5) is 0 Å². The highest BCUT2D eigenvalue weighted by Gasteiger charge is 2.35. The Morgan fingerprint density at radius 3 is 2.62 bits per heavy atom. The Hall–Kier alpha value is -1.07. The van der Waals surface area contributed by atoms with E-state index in [0.29, 0.717) is 12.3 Å². The minimum atomic E-state index is -0.277. The van der Waals surface area contributed by atoms with Crippen molar-refractivity contribution in [1.29, 1.82) is 0 Å². The first kappa shape index (κ1) is 11.4. The Kier molecular flexibility index (Phi) is 2.67. The van der Waals surface area contributed by atoms with Gasteiger partial charge in [0.2, 0.25) is 0 Å². The van der Waals surface area contributed by atoms with Gasteiger partial charge in [0, 0.05) is 24.7 Å². The molecule has 0 unspecified atom stereocenters. The van der Waals surface area contributed by atoms with E-state index >= 15 is 0 Å². The van der Waals surface area contributed by atoms with Gasteiger partial charge in [0.1, 0.15) is 5.76 Å². The molecule has 2 rings (SSSR count). The van der Waals surface area contributed by atoms with Crippen molar-refractivity contribution in [3.63, 3.8) is 0 Å². The first-order chi connectivity index (χ1) is 7.37. The summed E-state index contributed by atoms with van der Waals surface area (Å²) in [5, 5.41) is 0. The molecular weight excluding hydrogens is 206 g/mol. The van der Waals surface area contributed by atoms with Gasteiger partial charge in [0.15, 0.2) is 0 Å². The molecular formula is C11H19N3O2. The molecule has 0 aliphatic carbocycles. The van der Waals surface area contributed by atoms with Gasteiger partial charge >= 0.3 is 5.76 Å². The smallest absolute Gasteiger partial charge is 0.412 e. The fraction of sp³-hybridized carbons (Fsp3) is 0.727. The fourth-order valence-electron chi connectivity index (χ4n) is 2.14. The number of hydrogen-bond acceptors (Lipinski definition) is 4. The van der Waals surface area contributed by atoms with Gasteiger partial charge in [-0.2, -0.15) is 0 Å². The van der Waals surface area contributed by atoms with E-state index in [2.05, 4.69) is 4.90 Å². The van der Waals surface area contributed by atoms with E-state index in [0.717, 1.165) is 13.1 Å². The molecule has 1 aliphatic heterocycles. The minimum absolute atomic E-state index is 0.0824. The normalized spacial score (nSPS) is 20.1. The Bertz CT molecular complexity index is 423. The zero-order valence-corrected chi connectivity index (χ0v) is 10.1. The average molecular weight is 225 g/mol. The molecule has 0 spiro atoms. The molecule has 0 atom stereocenters. The lowest BCUT2D eigenvalue weighted by molar-refractivity contribution is 0.0690. The second-order valence-corrected chi connectivity index (χ2v) is 5.26. The molecule has 0 aromatic carbocycles. The van der Waals surface area contributed by atoms with Crippen molar-refractivity contribution in [1.82, 2.24) is 9.47 Å². The van der Waals surface area contributed by atoms with Crippen molar-refractivity contribution < 1.29 is 4.42 Å². The lowest BCUT2D eigenvalue weighted by Gasteiger charge is -2.44. The van der Waals surface area contributed by atoms with Crippen molar-refractivity contribution in [2.45, 2.75) is 38.9 Å². The number of nitrogens with zero attached hydrogens (tertiary/aromatic N) is 2. The van der Waals surface area contributed by atoms with E-state index < -0.39 is 0 Å². The molecule has 16 heavy (non-hydrogen) atoms. The molecule has 0 saturated carbocycles. The van der Waals surface area contributed by atoms with E-state index in [9.17, 15) is 4.79 Å². The predicted octanol–water partition coefficient (Wildman–Crippen LogP) is 0.555. The molecule has 90 valence electrons. The van der Waals surface area contributed by atoms with Crippen molar-refractivity contribution in [2.75, 3.05) is 13.1 Å². The van der Waals surface area contributed by atoms with Crippen LogP contribution in [0.5, 0.6) is 0 Å². The predicted molar refractivity (Wildman–Crippen MR) is 61.2 cm³/mol. The van der Waals surface area contributed by atoms with Crippen molar-refractivity contribution in [3.8, 4) is 0 Å². The molecule has 0 bridgehead atoms. The largest absolute Gasteiger partial charge is 0.419 e. The lowest BCUT2D eigenvalue weighted by Crippen LogP contribution is -2.64. The number of rotatable bonds is 3. The Morgan fingerprint density at radius 2 is 2.19 bits per heavy atom. The average Bonchev–Trinajstić information content (AvgIpc) is 2.43. The number of nitrogens with two attached hydrogens (primary N) is 1. The molecule has 2 N–H and O–H groups in total. The number of oxazole rings is 1. The monoisotopic (exact) mass is 225 g/mol. The van der Waals surface area contributed by atoms with Gasteiger partial charge in [-0.1, -0.05) is 0 Å². The highest BCUT2D eigenvalue weighted by molar-refractivity contribution is 5.00. The van der Waals surface area contributed by atoms with E-state index in [4.69, 9.17) is 10.2 Å². The molecule has 0 amide bonds. The maximum absolute atomic E-state index is 11.4. The van der Waals surface area contributed by atoms with Crippen molar-refractivity contribution in [2.24, 2.45) is 5.73 Å². The standard InChI is InChI=1S/C11H19N3O2/c1-8(2)14-5-9(16-10(14)15)4-13-6-11(3,12)7-13/h5,8H,4,6-7,12H2,1-3H3. The Balaban J connectivity index is 2.01. The topological polar surface area (TPSA) is 64.4 Å². The van der Waals surface area contributed by atoms with Gasteiger partial charge in [-0.15, -0.1) is 0 Å². The van der Waals surface area contributed by atoms with Crippen LogP contribution in [0.3, 0.4) is 0 Å². The van der Waals surface area contributed by atoms with Crippen molar-refractivity contribution in [3.05, 3.63) is 22.5 Å². The zero-order chi connectivity index (χ0) is 11.9. The second-order valence-electron chi connectivity index (χ2n) is 5.26. The van der Waals surface area contributed by atoms with Gasteiger partial charge in [0.25, 0.3) is 0 Å². The van der Waals surface area contributed by atoms with Crippen LogP contribution in [0.2, 0.25) is 0 Å². The summed E-state index contributed by atoms with van der Waals surface area (Å²) in [6, 6.07) is 0.140. The molecule has 5 nitrogen and oxygen atoms in total. The van der Waals surface area contributed by atoms with Crippen molar-refractivity contribution >= 4 is 0 Å². The molecule has 1 aromatic rings. The van der Waals surface area contributed by atoms with Crippen LogP contribution in [0.25, 0.3) is 0 Å². The van der Waals surface area contributed by atoms with Crippen LogP contribution >= 0.6 is 0 Å². The summed E-state index contributed by atoms with van der Waals surface area (Å²) >= 11 is 0. The molecule has 1 aliphatic rings. The maximum Gasteiger partial charge on any atom is 0.419 e. The first-order valence-electron chi connectivity index (χ1n) is 5.59. The molecule has 2 heterocycles. The van der Waals surface area contributed by atoms with Crippen LogP contribution in [-0.2, 0) is 6.54 Å². The van der Waals surface area contributed by atoms with E-state index in [1.54, 1.807) is 10.8 Å². The quantitative estimate of drug-likeness (QED) is 0.816. The highest BCUT2D eigenvalue weighted by Crippen LogP contribution is 2.19. The molecule has 5 heteroatoms. The summed E-state index contributed by atoms with van der Waals surface area (Å²) in [5.74, 6) is 0.440. The van der Waals surface area contributed by atoms with Crippen LogP contribution < -0.4 is 11.5 Å². The van der Waals surface area contributed by atoms with Crippen LogP contribution in [-0.4, -0.2) is 28.1 Å². The minimum Gasteiger partial charge on any atom is -0.412 e. The number of likely N-dealkylation sites (tertiary alicyclic amines) is 1. The molecule has 0 radical (unpaired) electrons. The van der Waals surface area contributed by atoms with E-state index in [1.165, 1.54) is 0 Å². The maximum atomic E-state index is 11.4. The lowest BCUT2D eigenvalue weighted by atomic mass is 9.94.